The number of anilines is 2. The van der Waals surface area contributed by atoms with E-state index >= 15 is 0 Å². The molecular weight excluding hydrogens is 402 g/mol. The van der Waals surface area contributed by atoms with Gasteiger partial charge in [0.2, 0.25) is 0 Å². The molecule has 0 aliphatic rings. The number of benzene rings is 2. The lowest BCUT2D eigenvalue weighted by Crippen LogP contribution is -2.21. The molecule has 7 nitrogen and oxygen atoms in total. The number of rotatable bonds is 7. The highest BCUT2D eigenvalue weighted by Gasteiger charge is 2.20. The van der Waals surface area contributed by atoms with Crippen LogP contribution in [0.15, 0.2) is 65.7 Å². The monoisotopic (exact) mass is 425 g/mol. The Morgan fingerprint density at radius 3 is 2.40 bits per heavy atom. The minimum atomic E-state index is -3.87. The second-order valence-corrected chi connectivity index (χ2v) is 8.78. The molecule has 30 heavy (non-hydrogen) atoms. The summed E-state index contributed by atoms with van der Waals surface area (Å²) in [5.74, 6) is -0.940. The van der Waals surface area contributed by atoms with Gasteiger partial charge in [-0.25, -0.2) is 18.2 Å². The van der Waals surface area contributed by atoms with Gasteiger partial charge in [-0.15, -0.1) is 0 Å². The van der Waals surface area contributed by atoms with Crippen molar-refractivity contribution in [3.8, 4) is 0 Å². The van der Waals surface area contributed by atoms with E-state index in [0.29, 0.717) is 6.54 Å². The zero-order valence-corrected chi connectivity index (χ0v) is 17.8. The minimum absolute atomic E-state index is 0.0856. The Morgan fingerprint density at radius 2 is 1.77 bits per heavy atom. The lowest BCUT2D eigenvalue weighted by molar-refractivity contribution is 0.0697. The van der Waals surface area contributed by atoms with Gasteiger partial charge < -0.3 is 10.0 Å². The number of sulfonamides is 1. The Balaban J connectivity index is 1.89. The van der Waals surface area contributed by atoms with Crippen LogP contribution >= 0.6 is 0 Å². The largest absolute Gasteiger partial charge is 0.478 e. The summed E-state index contributed by atoms with van der Waals surface area (Å²) in [6.07, 6.45) is 1.32. The molecule has 0 saturated carbocycles. The quantitative estimate of drug-likeness (QED) is 0.597. The number of nitrogens with zero attached hydrogens (tertiary/aromatic N) is 2. The molecule has 1 heterocycles. The van der Waals surface area contributed by atoms with Gasteiger partial charge in [0.1, 0.15) is 11.4 Å². The molecule has 0 aliphatic heterocycles. The number of nitrogens with one attached hydrogen (secondary N) is 1. The van der Waals surface area contributed by atoms with E-state index in [1.165, 1.54) is 18.3 Å². The summed E-state index contributed by atoms with van der Waals surface area (Å²) in [5.41, 5.74) is 2.82. The van der Waals surface area contributed by atoms with Crippen molar-refractivity contribution in [2.75, 3.05) is 16.7 Å². The third-order valence-corrected chi connectivity index (χ3v) is 6.14. The highest BCUT2D eigenvalue weighted by molar-refractivity contribution is 7.92. The number of carbonyl (C=O) groups is 1. The van der Waals surface area contributed by atoms with Gasteiger partial charge in [0, 0.05) is 13.6 Å². The molecule has 3 rings (SSSR count). The topological polar surface area (TPSA) is 99.6 Å². The number of aromatic carboxylic acids is 1. The smallest absolute Gasteiger partial charge is 0.339 e. The van der Waals surface area contributed by atoms with Crippen LogP contribution in [0, 0.1) is 13.8 Å². The Labute approximate surface area is 176 Å². The first kappa shape index (κ1) is 21.3. The summed E-state index contributed by atoms with van der Waals surface area (Å²) < 4.78 is 27.8. The van der Waals surface area contributed by atoms with Crippen LogP contribution in [-0.4, -0.2) is 31.5 Å². The number of hydrogen-bond donors (Lipinski definition) is 2. The lowest BCUT2D eigenvalue weighted by atomic mass is 10.1. The Kier molecular flexibility index (Phi) is 6.07. The Hall–Kier alpha value is -3.39. The zero-order chi connectivity index (χ0) is 21.9. The molecule has 1 aromatic heterocycles. The van der Waals surface area contributed by atoms with E-state index in [1.807, 2.05) is 44.2 Å². The Morgan fingerprint density at radius 1 is 1.07 bits per heavy atom. The van der Waals surface area contributed by atoms with Crippen LogP contribution in [0.4, 0.5) is 11.5 Å². The van der Waals surface area contributed by atoms with E-state index in [0.717, 1.165) is 16.7 Å². The number of hydrogen-bond acceptors (Lipinski definition) is 5. The summed E-state index contributed by atoms with van der Waals surface area (Å²) in [4.78, 5) is 17.8. The van der Waals surface area contributed by atoms with Gasteiger partial charge in [0.15, 0.2) is 0 Å². The van der Waals surface area contributed by atoms with Crippen LogP contribution in [0.25, 0.3) is 0 Å². The maximum Gasteiger partial charge on any atom is 0.339 e. The standard InChI is InChI=1S/C22H23N3O4S/c1-15-9-10-19(11-16(15)2)30(28,29)24-18-12-20(22(26)27)21(23-13-18)25(3)14-17-7-5-4-6-8-17/h4-13,24H,14H2,1-3H3,(H,26,27). The molecule has 2 N–H and O–H groups in total. The molecular formula is C22H23N3O4S. The number of aromatic nitrogens is 1. The van der Waals surface area contributed by atoms with Crippen molar-refractivity contribution in [2.24, 2.45) is 0 Å². The first-order valence-corrected chi connectivity index (χ1v) is 10.7. The van der Waals surface area contributed by atoms with Crippen LogP contribution in [0.5, 0.6) is 0 Å². The summed E-state index contributed by atoms with van der Waals surface area (Å²) >= 11 is 0. The van der Waals surface area contributed by atoms with Crippen LogP contribution in [0.3, 0.4) is 0 Å². The van der Waals surface area contributed by atoms with Crippen LogP contribution in [0.1, 0.15) is 27.0 Å². The zero-order valence-electron chi connectivity index (χ0n) is 17.0. The molecule has 0 aliphatic carbocycles. The fourth-order valence-corrected chi connectivity index (χ4v) is 4.12. The molecule has 0 fully saturated rings. The van der Waals surface area contributed by atoms with E-state index in [1.54, 1.807) is 24.1 Å². The van der Waals surface area contributed by atoms with Crippen molar-refractivity contribution in [1.82, 2.24) is 4.98 Å². The predicted octanol–water partition coefficient (Wildman–Crippen LogP) is 3.83. The first-order chi connectivity index (χ1) is 14.2. The average Bonchev–Trinajstić information content (AvgIpc) is 2.70. The van der Waals surface area contributed by atoms with E-state index in [2.05, 4.69) is 9.71 Å². The highest BCUT2D eigenvalue weighted by Crippen LogP contribution is 2.24. The molecule has 3 aromatic rings. The number of carboxylic acids is 1. The Bertz CT molecular complexity index is 1180. The summed E-state index contributed by atoms with van der Waals surface area (Å²) in [5, 5.41) is 9.64. The fraction of sp³-hybridized carbons (Fsp3) is 0.182. The van der Waals surface area contributed by atoms with Crippen molar-refractivity contribution in [3.63, 3.8) is 0 Å². The number of pyridine rings is 1. The van der Waals surface area contributed by atoms with Gasteiger partial charge in [-0.2, -0.15) is 0 Å². The molecule has 0 atom stereocenters. The summed E-state index contributed by atoms with van der Waals surface area (Å²) in [6, 6.07) is 15.7. The van der Waals surface area contributed by atoms with E-state index in [-0.39, 0.29) is 22.0 Å². The second kappa shape index (κ2) is 8.54. The van der Waals surface area contributed by atoms with Crippen molar-refractivity contribution in [3.05, 3.63) is 83.0 Å². The first-order valence-electron chi connectivity index (χ1n) is 9.26. The second-order valence-electron chi connectivity index (χ2n) is 7.09. The average molecular weight is 426 g/mol. The van der Waals surface area contributed by atoms with Crippen molar-refractivity contribution >= 4 is 27.5 Å². The van der Waals surface area contributed by atoms with E-state index < -0.39 is 16.0 Å². The molecule has 0 bridgehead atoms. The highest BCUT2D eigenvalue weighted by atomic mass is 32.2. The minimum Gasteiger partial charge on any atom is -0.478 e. The van der Waals surface area contributed by atoms with Crippen LogP contribution in [0.2, 0.25) is 0 Å². The molecule has 0 amide bonds. The van der Waals surface area contributed by atoms with Crippen molar-refractivity contribution < 1.29 is 18.3 Å². The van der Waals surface area contributed by atoms with E-state index in [4.69, 9.17) is 0 Å². The molecule has 8 heteroatoms. The SMILES string of the molecule is Cc1ccc(S(=O)(=O)Nc2cnc(N(C)Cc3ccccc3)c(C(=O)O)c2)cc1C. The molecule has 0 saturated heterocycles. The van der Waals surface area contributed by atoms with Gasteiger partial charge in [-0.05, 0) is 48.7 Å². The summed E-state index contributed by atoms with van der Waals surface area (Å²) in [6.45, 7) is 4.19. The van der Waals surface area contributed by atoms with Crippen LogP contribution < -0.4 is 9.62 Å². The third kappa shape index (κ3) is 4.77. The van der Waals surface area contributed by atoms with Gasteiger partial charge in [0.25, 0.3) is 10.0 Å². The number of aryl methyl sites for hydroxylation is 2. The van der Waals surface area contributed by atoms with Gasteiger partial charge >= 0.3 is 5.97 Å². The maximum absolute atomic E-state index is 12.7. The molecule has 0 spiro atoms. The number of carboxylic acid groups (broad SMARTS) is 1. The molecule has 0 unspecified atom stereocenters. The normalized spacial score (nSPS) is 11.2. The lowest BCUT2D eigenvalue weighted by Gasteiger charge is -2.21. The molecule has 2 aromatic carbocycles. The maximum atomic E-state index is 12.7. The van der Waals surface area contributed by atoms with Crippen molar-refractivity contribution in [2.45, 2.75) is 25.3 Å². The summed E-state index contributed by atoms with van der Waals surface area (Å²) in [7, 11) is -2.14. The van der Waals surface area contributed by atoms with E-state index in [9.17, 15) is 18.3 Å². The van der Waals surface area contributed by atoms with Crippen LogP contribution in [-0.2, 0) is 16.6 Å². The molecule has 0 radical (unpaired) electrons. The van der Waals surface area contributed by atoms with Crippen molar-refractivity contribution in [1.29, 1.82) is 0 Å². The predicted molar refractivity (Wildman–Crippen MR) is 116 cm³/mol. The van der Waals surface area contributed by atoms with Gasteiger partial charge in [-0.3, -0.25) is 4.72 Å². The van der Waals surface area contributed by atoms with Gasteiger partial charge in [0.05, 0.1) is 16.8 Å². The van der Waals surface area contributed by atoms with Gasteiger partial charge in [-0.1, -0.05) is 36.4 Å². The molecule has 156 valence electrons. The third-order valence-electron chi connectivity index (χ3n) is 4.76. The fourth-order valence-electron chi connectivity index (χ4n) is 3.00.